The first-order valence-electron chi connectivity index (χ1n) is 9.45. The van der Waals surface area contributed by atoms with Gasteiger partial charge in [0.05, 0.1) is 5.56 Å². The predicted octanol–water partition coefficient (Wildman–Crippen LogP) is 0.536. The summed E-state index contributed by atoms with van der Waals surface area (Å²) < 4.78 is 11.0. The van der Waals surface area contributed by atoms with Crippen molar-refractivity contribution < 1.29 is 29.3 Å². The zero-order valence-corrected chi connectivity index (χ0v) is 16.8. The number of nitrogens with one attached hydrogen (secondary N) is 2. The molecule has 30 heavy (non-hydrogen) atoms. The highest BCUT2D eigenvalue weighted by atomic mass is 16.5. The molecule has 0 radical (unpaired) electrons. The Morgan fingerprint density at radius 1 is 1.10 bits per heavy atom. The van der Waals surface area contributed by atoms with Crippen molar-refractivity contribution in [1.82, 2.24) is 10.6 Å². The van der Waals surface area contributed by atoms with E-state index in [1.54, 1.807) is 12.1 Å². The molecular formula is C21H27N3O6. The minimum absolute atomic E-state index is 0.00354. The highest BCUT2D eigenvalue weighted by Gasteiger charge is 2.09. The number of aliphatic hydroxyl groups excluding tert-OH is 1. The molecule has 162 valence electrons. The van der Waals surface area contributed by atoms with E-state index in [1.807, 2.05) is 12.1 Å². The Balaban J connectivity index is 1.62. The van der Waals surface area contributed by atoms with E-state index in [4.69, 9.17) is 15.2 Å². The molecule has 0 heterocycles. The number of phenols is 1. The molecule has 0 fully saturated rings. The number of ether oxygens (including phenoxy) is 2. The van der Waals surface area contributed by atoms with E-state index in [-0.39, 0.29) is 23.8 Å². The number of aliphatic hydroxyl groups is 1. The predicted molar refractivity (Wildman–Crippen MR) is 110 cm³/mol. The summed E-state index contributed by atoms with van der Waals surface area (Å²) in [6.07, 6.45) is -0.709. The summed E-state index contributed by atoms with van der Waals surface area (Å²) in [5.41, 5.74) is 6.13. The standard InChI is InChI=1S/C21H27N3O6/c1-14(25)24-11-15-2-4-17(5-3-15)30-13-16(26)12-23-8-9-29-18-6-7-20(27)19(10-18)21(22)28/h2-7,10,16,23,26-27H,8-9,11-13H2,1H3,(H2,22,28)(H,24,25). The lowest BCUT2D eigenvalue weighted by atomic mass is 10.2. The molecule has 2 aromatic carbocycles. The minimum atomic E-state index is -0.735. The van der Waals surface area contributed by atoms with Gasteiger partial charge in [-0.3, -0.25) is 9.59 Å². The number of primary amides is 1. The Bertz CT molecular complexity index is 841. The van der Waals surface area contributed by atoms with Crippen molar-refractivity contribution in [1.29, 1.82) is 0 Å². The monoisotopic (exact) mass is 417 g/mol. The van der Waals surface area contributed by atoms with Crippen LogP contribution in [0, 0.1) is 0 Å². The van der Waals surface area contributed by atoms with Gasteiger partial charge in [-0.15, -0.1) is 0 Å². The molecular weight excluding hydrogens is 390 g/mol. The van der Waals surface area contributed by atoms with Gasteiger partial charge in [0.2, 0.25) is 5.91 Å². The van der Waals surface area contributed by atoms with E-state index in [2.05, 4.69) is 10.6 Å². The lowest BCUT2D eigenvalue weighted by Gasteiger charge is -2.14. The highest BCUT2D eigenvalue weighted by molar-refractivity contribution is 5.95. The molecule has 2 rings (SSSR count). The third-order valence-electron chi connectivity index (χ3n) is 4.07. The molecule has 0 aliphatic heterocycles. The smallest absolute Gasteiger partial charge is 0.252 e. The summed E-state index contributed by atoms with van der Waals surface area (Å²) in [6.45, 7) is 3.11. The molecule has 0 spiro atoms. The first kappa shape index (κ1) is 23.0. The van der Waals surface area contributed by atoms with E-state index < -0.39 is 12.0 Å². The zero-order chi connectivity index (χ0) is 21.9. The Labute approximate surface area is 174 Å². The van der Waals surface area contributed by atoms with Gasteiger partial charge in [-0.1, -0.05) is 12.1 Å². The van der Waals surface area contributed by atoms with Crippen LogP contribution < -0.4 is 25.8 Å². The average Bonchev–Trinajstić information content (AvgIpc) is 2.72. The van der Waals surface area contributed by atoms with E-state index >= 15 is 0 Å². The van der Waals surface area contributed by atoms with Gasteiger partial charge in [0.25, 0.3) is 5.91 Å². The summed E-state index contributed by atoms with van der Waals surface area (Å²) in [5, 5.41) is 25.3. The number of benzene rings is 2. The van der Waals surface area contributed by atoms with Crippen LogP contribution in [0.5, 0.6) is 17.2 Å². The molecule has 0 saturated carbocycles. The molecule has 6 N–H and O–H groups in total. The van der Waals surface area contributed by atoms with Crippen molar-refractivity contribution in [3.05, 3.63) is 53.6 Å². The van der Waals surface area contributed by atoms with Gasteiger partial charge in [0.1, 0.15) is 36.6 Å². The van der Waals surface area contributed by atoms with Gasteiger partial charge in [0.15, 0.2) is 0 Å². The molecule has 1 atom stereocenters. The van der Waals surface area contributed by atoms with Crippen molar-refractivity contribution in [2.75, 3.05) is 26.3 Å². The van der Waals surface area contributed by atoms with E-state index in [0.717, 1.165) is 5.56 Å². The first-order chi connectivity index (χ1) is 14.3. The molecule has 2 aromatic rings. The van der Waals surface area contributed by atoms with Crippen LogP contribution in [-0.4, -0.2) is 54.4 Å². The summed E-state index contributed by atoms with van der Waals surface area (Å²) in [7, 11) is 0. The number of aromatic hydroxyl groups is 1. The number of carbonyl (C=O) groups is 2. The maximum Gasteiger partial charge on any atom is 0.252 e. The number of amides is 2. The Kier molecular flexibility index (Phi) is 8.92. The summed E-state index contributed by atoms with van der Waals surface area (Å²) in [4.78, 5) is 22.1. The quantitative estimate of drug-likeness (QED) is 0.317. The third kappa shape index (κ3) is 7.98. The lowest BCUT2D eigenvalue weighted by Crippen LogP contribution is -2.33. The van der Waals surface area contributed by atoms with Gasteiger partial charge in [-0.2, -0.15) is 0 Å². The topological polar surface area (TPSA) is 143 Å². The van der Waals surface area contributed by atoms with Crippen LogP contribution in [0.15, 0.2) is 42.5 Å². The third-order valence-corrected chi connectivity index (χ3v) is 4.07. The Hall–Kier alpha value is -3.30. The first-order valence-corrected chi connectivity index (χ1v) is 9.45. The molecule has 9 nitrogen and oxygen atoms in total. The fourth-order valence-electron chi connectivity index (χ4n) is 2.49. The molecule has 0 bridgehead atoms. The van der Waals surface area contributed by atoms with E-state index in [0.29, 0.717) is 37.7 Å². The van der Waals surface area contributed by atoms with Gasteiger partial charge in [0, 0.05) is 26.6 Å². The maximum absolute atomic E-state index is 11.2. The van der Waals surface area contributed by atoms with Crippen LogP contribution in [0.4, 0.5) is 0 Å². The second-order valence-corrected chi connectivity index (χ2v) is 6.61. The van der Waals surface area contributed by atoms with Crippen LogP contribution in [0.3, 0.4) is 0 Å². The summed E-state index contributed by atoms with van der Waals surface area (Å²) in [6, 6.07) is 11.5. The summed E-state index contributed by atoms with van der Waals surface area (Å²) >= 11 is 0. The van der Waals surface area contributed by atoms with Crippen LogP contribution in [0.1, 0.15) is 22.8 Å². The van der Waals surface area contributed by atoms with Crippen molar-refractivity contribution in [3.63, 3.8) is 0 Å². The Morgan fingerprint density at radius 3 is 2.47 bits per heavy atom. The fourth-order valence-corrected chi connectivity index (χ4v) is 2.49. The minimum Gasteiger partial charge on any atom is -0.507 e. The van der Waals surface area contributed by atoms with Gasteiger partial charge in [-0.25, -0.2) is 0 Å². The van der Waals surface area contributed by atoms with E-state index in [9.17, 15) is 19.8 Å². The molecule has 1 unspecified atom stereocenters. The molecule has 0 aliphatic carbocycles. The maximum atomic E-state index is 11.2. The van der Waals surface area contributed by atoms with Crippen LogP contribution in [-0.2, 0) is 11.3 Å². The van der Waals surface area contributed by atoms with Crippen LogP contribution in [0.2, 0.25) is 0 Å². The van der Waals surface area contributed by atoms with Gasteiger partial charge >= 0.3 is 0 Å². The molecule has 0 saturated heterocycles. The molecule has 2 amide bonds. The Morgan fingerprint density at radius 2 is 1.80 bits per heavy atom. The second kappa shape index (κ2) is 11.6. The fraction of sp³-hybridized carbons (Fsp3) is 0.333. The average molecular weight is 417 g/mol. The molecule has 0 aromatic heterocycles. The lowest BCUT2D eigenvalue weighted by molar-refractivity contribution is -0.119. The van der Waals surface area contributed by atoms with Crippen molar-refractivity contribution in [2.24, 2.45) is 5.73 Å². The van der Waals surface area contributed by atoms with Gasteiger partial charge in [-0.05, 0) is 35.9 Å². The number of hydrogen-bond acceptors (Lipinski definition) is 7. The van der Waals surface area contributed by atoms with Crippen LogP contribution in [0.25, 0.3) is 0 Å². The van der Waals surface area contributed by atoms with Gasteiger partial charge < -0.3 is 36.1 Å². The van der Waals surface area contributed by atoms with Crippen LogP contribution >= 0.6 is 0 Å². The number of rotatable bonds is 12. The highest BCUT2D eigenvalue weighted by Crippen LogP contribution is 2.22. The zero-order valence-electron chi connectivity index (χ0n) is 16.8. The number of hydrogen-bond donors (Lipinski definition) is 5. The SMILES string of the molecule is CC(=O)NCc1ccc(OCC(O)CNCCOc2ccc(O)c(C(N)=O)c2)cc1. The van der Waals surface area contributed by atoms with Crippen molar-refractivity contribution in [2.45, 2.75) is 19.6 Å². The molecule has 9 heteroatoms. The largest absolute Gasteiger partial charge is 0.507 e. The van der Waals surface area contributed by atoms with Crippen molar-refractivity contribution >= 4 is 11.8 Å². The normalized spacial score (nSPS) is 11.5. The number of nitrogens with two attached hydrogens (primary N) is 1. The number of carbonyl (C=O) groups excluding carboxylic acids is 2. The summed E-state index contributed by atoms with van der Waals surface area (Å²) in [5.74, 6) is 0.0191. The van der Waals surface area contributed by atoms with E-state index in [1.165, 1.54) is 25.1 Å². The van der Waals surface area contributed by atoms with Crippen molar-refractivity contribution in [3.8, 4) is 17.2 Å². The second-order valence-electron chi connectivity index (χ2n) is 6.61. The molecule has 0 aliphatic rings.